The van der Waals surface area contributed by atoms with E-state index in [1.54, 1.807) is 51.1 Å². The van der Waals surface area contributed by atoms with Crippen LogP contribution in [0.4, 0.5) is 10.1 Å². The number of ether oxygens (including phenoxy) is 1. The van der Waals surface area contributed by atoms with E-state index in [9.17, 15) is 24.1 Å². The number of nitrogens with zero attached hydrogens (tertiary/aromatic N) is 3. The van der Waals surface area contributed by atoms with Crippen molar-refractivity contribution < 1.29 is 23.3 Å². The van der Waals surface area contributed by atoms with E-state index in [1.165, 1.54) is 34.9 Å². The monoisotopic (exact) mass is 547 g/mol. The molecule has 3 heterocycles. The van der Waals surface area contributed by atoms with E-state index in [1.807, 2.05) is 0 Å². The van der Waals surface area contributed by atoms with Gasteiger partial charge in [0, 0.05) is 23.3 Å². The van der Waals surface area contributed by atoms with Crippen molar-refractivity contribution in [2.24, 2.45) is 4.99 Å². The van der Waals surface area contributed by atoms with Crippen molar-refractivity contribution in [3.63, 3.8) is 0 Å². The van der Waals surface area contributed by atoms with Gasteiger partial charge in [0.2, 0.25) is 0 Å². The van der Waals surface area contributed by atoms with Crippen LogP contribution in [-0.2, 0) is 9.53 Å². The molecule has 0 N–H and O–H groups in total. The van der Waals surface area contributed by atoms with Crippen LogP contribution in [0.1, 0.15) is 36.8 Å². The molecule has 9 nitrogen and oxygen atoms in total. The Hall–Kier alpha value is -4.64. The first-order valence-electron chi connectivity index (χ1n) is 12.0. The number of rotatable bonds is 6. The molecule has 39 heavy (non-hydrogen) atoms. The Bertz CT molecular complexity index is 1830. The summed E-state index contributed by atoms with van der Waals surface area (Å²) in [5.41, 5.74) is 1.76. The number of benzene rings is 2. The maximum atomic E-state index is 13.7. The van der Waals surface area contributed by atoms with Crippen LogP contribution in [0.2, 0.25) is 0 Å². The molecule has 2 aromatic carbocycles. The predicted octanol–water partition coefficient (Wildman–Crippen LogP) is 4.41. The molecule has 1 aliphatic rings. The van der Waals surface area contributed by atoms with Gasteiger partial charge in [-0.15, -0.1) is 0 Å². The van der Waals surface area contributed by atoms with Gasteiger partial charge in [0.1, 0.15) is 17.3 Å². The number of hydrogen-bond donors (Lipinski definition) is 0. The topological polar surface area (TPSA) is 117 Å². The molecule has 198 valence electrons. The van der Waals surface area contributed by atoms with Crippen LogP contribution >= 0.6 is 11.3 Å². The minimum absolute atomic E-state index is 0.0210. The largest absolute Gasteiger partial charge is 0.463 e. The molecular formula is C28H22FN3O6S. The van der Waals surface area contributed by atoms with Crippen LogP contribution in [-0.4, -0.2) is 22.1 Å². The predicted molar refractivity (Wildman–Crippen MR) is 142 cm³/mol. The third-order valence-corrected chi connectivity index (χ3v) is 7.28. The molecule has 0 fully saturated rings. The van der Waals surface area contributed by atoms with Gasteiger partial charge < -0.3 is 9.15 Å². The normalized spacial score (nSPS) is 15.2. The quantitative estimate of drug-likeness (QED) is 0.201. The third kappa shape index (κ3) is 4.84. The minimum Gasteiger partial charge on any atom is -0.463 e. The van der Waals surface area contributed by atoms with Crippen molar-refractivity contribution in [2.75, 3.05) is 6.61 Å². The second-order valence-electron chi connectivity index (χ2n) is 8.81. The maximum absolute atomic E-state index is 13.7. The highest BCUT2D eigenvalue weighted by Gasteiger charge is 2.33. The Labute approximate surface area is 225 Å². The molecule has 0 aliphatic carbocycles. The molecule has 0 spiro atoms. The summed E-state index contributed by atoms with van der Waals surface area (Å²) in [6, 6.07) is 12.9. The number of aryl methyl sites for hydroxylation is 1. The standard InChI is InChI=1S/C28H22FN3O6S/c1-4-37-27(34)24-16(3)30-28-31(25(24)17-7-9-19(29)10-8-17)26(33)23(39-28)14-20-11-12-22(38-20)18-6-5-15(2)21(13-18)32(35)36/h5-14,25H,4H2,1-3H3. The number of furan rings is 1. The molecular weight excluding hydrogens is 525 g/mol. The Morgan fingerprint density at radius 1 is 1.21 bits per heavy atom. The van der Waals surface area contributed by atoms with Gasteiger partial charge in [-0.05, 0) is 50.6 Å². The summed E-state index contributed by atoms with van der Waals surface area (Å²) >= 11 is 1.12. The number of allylic oxidation sites excluding steroid dienone is 1. The second kappa shape index (κ2) is 10.3. The molecule has 0 saturated carbocycles. The Balaban J connectivity index is 1.61. The number of nitro groups is 1. The lowest BCUT2D eigenvalue weighted by Gasteiger charge is -2.24. The molecule has 0 radical (unpaired) electrons. The zero-order valence-electron chi connectivity index (χ0n) is 21.1. The minimum atomic E-state index is -0.858. The van der Waals surface area contributed by atoms with Crippen LogP contribution in [0.3, 0.4) is 0 Å². The first kappa shape index (κ1) is 26.0. The van der Waals surface area contributed by atoms with Crippen molar-refractivity contribution in [3.05, 3.63) is 118 Å². The lowest BCUT2D eigenvalue weighted by Crippen LogP contribution is -2.39. The molecule has 11 heteroatoms. The van der Waals surface area contributed by atoms with Crippen LogP contribution < -0.4 is 14.9 Å². The van der Waals surface area contributed by atoms with Gasteiger partial charge in [0.25, 0.3) is 11.2 Å². The van der Waals surface area contributed by atoms with Gasteiger partial charge in [0.15, 0.2) is 4.80 Å². The second-order valence-corrected chi connectivity index (χ2v) is 9.82. The summed E-state index contributed by atoms with van der Waals surface area (Å²) in [6.07, 6.45) is 1.56. The van der Waals surface area contributed by atoms with Crippen molar-refractivity contribution in [1.29, 1.82) is 0 Å². The number of esters is 1. The lowest BCUT2D eigenvalue weighted by molar-refractivity contribution is -0.385. The van der Waals surface area contributed by atoms with Gasteiger partial charge >= 0.3 is 5.97 Å². The molecule has 0 amide bonds. The van der Waals surface area contributed by atoms with Crippen molar-refractivity contribution in [2.45, 2.75) is 26.8 Å². The van der Waals surface area contributed by atoms with Gasteiger partial charge in [-0.1, -0.05) is 35.6 Å². The van der Waals surface area contributed by atoms with E-state index in [0.29, 0.717) is 43.2 Å². The van der Waals surface area contributed by atoms with Crippen LogP contribution in [0.15, 0.2) is 80.1 Å². The van der Waals surface area contributed by atoms with E-state index in [-0.39, 0.29) is 17.9 Å². The van der Waals surface area contributed by atoms with E-state index in [4.69, 9.17) is 9.15 Å². The molecule has 1 unspecified atom stereocenters. The van der Waals surface area contributed by atoms with Crippen molar-refractivity contribution >= 4 is 29.1 Å². The Morgan fingerprint density at radius 3 is 2.64 bits per heavy atom. The number of halogens is 1. The number of carbonyl (C=O) groups is 1. The van der Waals surface area contributed by atoms with Crippen molar-refractivity contribution in [3.8, 4) is 11.3 Å². The average molecular weight is 548 g/mol. The van der Waals surface area contributed by atoms with Crippen LogP contribution in [0.25, 0.3) is 17.4 Å². The first-order valence-corrected chi connectivity index (χ1v) is 12.8. The fourth-order valence-electron chi connectivity index (χ4n) is 4.43. The highest BCUT2D eigenvalue weighted by molar-refractivity contribution is 7.07. The first-order chi connectivity index (χ1) is 18.7. The summed E-state index contributed by atoms with van der Waals surface area (Å²) in [7, 11) is 0. The van der Waals surface area contributed by atoms with E-state index < -0.39 is 28.3 Å². The summed E-state index contributed by atoms with van der Waals surface area (Å²) in [6.45, 7) is 5.15. The van der Waals surface area contributed by atoms with E-state index in [0.717, 1.165) is 11.3 Å². The smallest absolute Gasteiger partial charge is 0.338 e. The van der Waals surface area contributed by atoms with E-state index >= 15 is 0 Å². The summed E-state index contributed by atoms with van der Waals surface area (Å²) in [5.74, 6) is -0.290. The molecule has 5 rings (SSSR count). The highest BCUT2D eigenvalue weighted by atomic mass is 32.1. The molecule has 0 bridgehead atoms. The molecule has 1 atom stereocenters. The fraction of sp³-hybridized carbons (Fsp3) is 0.179. The number of aromatic nitrogens is 1. The SMILES string of the molecule is CCOC(=O)C1=C(C)N=c2sc(=Cc3ccc(-c4ccc(C)c([N+](=O)[O-])c4)o3)c(=O)n2C1c1ccc(F)cc1. The molecule has 2 aromatic heterocycles. The lowest BCUT2D eigenvalue weighted by atomic mass is 9.96. The maximum Gasteiger partial charge on any atom is 0.338 e. The van der Waals surface area contributed by atoms with Crippen LogP contribution in [0.5, 0.6) is 0 Å². The van der Waals surface area contributed by atoms with Gasteiger partial charge in [-0.3, -0.25) is 19.5 Å². The number of nitro benzene ring substituents is 1. The van der Waals surface area contributed by atoms with Gasteiger partial charge in [-0.2, -0.15) is 0 Å². The molecule has 4 aromatic rings. The average Bonchev–Trinajstić information content (AvgIpc) is 3.48. The number of thiazole rings is 1. The number of carbonyl (C=O) groups excluding carboxylic acids is 1. The Morgan fingerprint density at radius 2 is 1.95 bits per heavy atom. The highest BCUT2D eigenvalue weighted by Crippen LogP contribution is 2.31. The summed E-state index contributed by atoms with van der Waals surface area (Å²) in [4.78, 5) is 42.3. The Kier molecular flexibility index (Phi) is 6.83. The molecule has 0 saturated heterocycles. The van der Waals surface area contributed by atoms with Crippen LogP contribution in [0, 0.1) is 22.9 Å². The zero-order valence-corrected chi connectivity index (χ0v) is 22.0. The number of fused-ring (bicyclic) bond motifs is 1. The van der Waals surface area contributed by atoms with Gasteiger partial charge in [0.05, 0.1) is 33.4 Å². The molecule has 1 aliphatic heterocycles. The third-order valence-electron chi connectivity index (χ3n) is 6.29. The summed E-state index contributed by atoms with van der Waals surface area (Å²) < 4.78 is 26.5. The van der Waals surface area contributed by atoms with Gasteiger partial charge in [-0.25, -0.2) is 14.2 Å². The fourth-order valence-corrected chi connectivity index (χ4v) is 5.45. The summed E-state index contributed by atoms with van der Waals surface area (Å²) in [5, 5.41) is 11.3. The van der Waals surface area contributed by atoms with E-state index in [2.05, 4.69) is 4.99 Å². The zero-order chi connectivity index (χ0) is 27.8. The number of hydrogen-bond acceptors (Lipinski definition) is 8. The van der Waals surface area contributed by atoms with Crippen molar-refractivity contribution in [1.82, 2.24) is 4.57 Å².